The molecule has 23 heavy (non-hydrogen) atoms. The van der Waals surface area contributed by atoms with Crippen molar-refractivity contribution in [1.82, 2.24) is 4.98 Å². The van der Waals surface area contributed by atoms with Crippen LogP contribution in [0.15, 0.2) is 42.5 Å². The molecule has 2 aromatic carbocycles. The zero-order valence-electron chi connectivity index (χ0n) is 11.8. The van der Waals surface area contributed by atoms with Gasteiger partial charge in [0.05, 0.1) is 10.2 Å². The van der Waals surface area contributed by atoms with Crippen molar-refractivity contribution < 1.29 is 18.7 Å². The van der Waals surface area contributed by atoms with E-state index in [0.717, 1.165) is 0 Å². The molecule has 5 nitrogen and oxygen atoms in total. The highest BCUT2D eigenvalue weighted by atomic mass is 32.1. The van der Waals surface area contributed by atoms with Gasteiger partial charge in [0.1, 0.15) is 12.4 Å². The number of carbonyl (C=O) groups is 1. The molecule has 1 atom stereocenters. The number of nitrogens with one attached hydrogen (secondary N) is 1. The van der Waals surface area contributed by atoms with Gasteiger partial charge in [-0.2, -0.15) is 0 Å². The lowest BCUT2D eigenvalue weighted by Gasteiger charge is -2.25. The Kier molecular flexibility index (Phi) is 3.34. The van der Waals surface area contributed by atoms with Crippen LogP contribution in [0, 0.1) is 5.82 Å². The Morgan fingerprint density at radius 1 is 1.26 bits per heavy atom. The highest BCUT2D eigenvalue weighted by Gasteiger charge is 2.27. The number of para-hydroxylation sites is 2. The largest absolute Gasteiger partial charge is 0.485 e. The van der Waals surface area contributed by atoms with Crippen LogP contribution in [0.1, 0.15) is 0 Å². The second-order valence-corrected chi connectivity index (χ2v) is 6.02. The van der Waals surface area contributed by atoms with E-state index in [1.54, 1.807) is 18.2 Å². The van der Waals surface area contributed by atoms with Gasteiger partial charge in [-0.1, -0.05) is 23.5 Å². The summed E-state index contributed by atoms with van der Waals surface area (Å²) in [5.74, 6) is 0.468. The Hall–Kier alpha value is -2.67. The summed E-state index contributed by atoms with van der Waals surface area (Å²) >= 11 is 1.21. The zero-order chi connectivity index (χ0) is 15.8. The molecule has 1 aromatic heterocycles. The van der Waals surface area contributed by atoms with E-state index in [1.807, 2.05) is 12.1 Å². The monoisotopic (exact) mass is 330 g/mol. The molecule has 0 bridgehead atoms. The van der Waals surface area contributed by atoms with Crippen LogP contribution in [0.25, 0.3) is 10.2 Å². The predicted molar refractivity (Wildman–Crippen MR) is 84.6 cm³/mol. The van der Waals surface area contributed by atoms with Gasteiger partial charge in [-0.25, -0.2) is 9.37 Å². The van der Waals surface area contributed by atoms with E-state index in [0.29, 0.717) is 26.8 Å². The van der Waals surface area contributed by atoms with Gasteiger partial charge in [-0.3, -0.25) is 10.1 Å². The maximum Gasteiger partial charge on any atom is 0.270 e. The number of aromatic nitrogens is 1. The third kappa shape index (κ3) is 2.70. The van der Waals surface area contributed by atoms with Crippen LogP contribution in [0.4, 0.5) is 9.52 Å². The second kappa shape index (κ2) is 5.51. The third-order valence-electron chi connectivity index (χ3n) is 3.38. The van der Waals surface area contributed by atoms with Gasteiger partial charge in [0, 0.05) is 0 Å². The average Bonchev–Trinajstić information content (AvgIpc) is 2.95. The number of carbonyl (C=O) groups excluding carboxylic acids is 1. The molecule has 4 rings (SSSR count). The molecule has 2 heterocycles. The minimum Gasteiger partial charge on any atom is -0.485 e. The molecule has 0 fully saturated rings. The summed E-state index contributed by atoms with van der Waals surface area (Å²) in [4.78, 5) is 16.6. The average molecular weight is 330 g/mol. The lowest BCUT2D eigenvalue weighted by Crippen LogP contribution is -2.40. The first-order chi connectivity index (χ1) is 11.2. The Morgan fingerprint density at radius 2 is 2.09 bits per heavy atom. The third-order valence-corrected chi connectivity index (χ3v) is 4.32. The molecule has 0 spiro atoms. The number of halogens is 1. The van der Waals surface area contributed by atoms with Crippen molar-refractivity contribution in [2.45, 2.75) is 6.10 Å². The van der Waals surface area contributed by atoms with Crippen LogP contribution in [0.2, 0.25) is 0 Å². The van der Waals surface area contributed by atoms with Crippen molar-refractivity contribution in [3.63, 3.8) is 0 Å². The molecular formula is C16H11FN2O3S. The Balaban J connectivity index is 1.51. The number of rotatable bonds is 2. The van der Waals surface area contributed by atoms with E-state index in [1.165, 1.54) is 23.5 Å². The van der Waals surface area contributed by atoms with Crippen molar-refractivity contribution >= 4 is 32.6 Å². The van der Waals surface area contributed by atoms with Crippen molar-refractivity contribution in [2.75, 3.05) is 11.9 Å². The van der Waals surface area contributed by atoms with Gasteiger partial charge in [-0.15, -0.1) is 0 Å². The van der Waals surface area contributed by atoms with Crippen LogP contribution >= 0.6 is 11.3 Å². The molecule has 1 aliphatic rings. The molecule has 1 amide bonds. The normalized spacial score (nSPS) is 16.3. The van der Waals surface area contributed by atoms with Crippen molar-refractivity contribution in [3.05, 3.63) is 48.3 Å². The fourth-order valence-electron chi connectivity index (χ4n) is 2.29. The van der Waals surface area contributed by atoms with Gasteiger partial charge in [0.25, 0.3) is 5.91 Å². The fourth-order valence-corrected chi connectivity index (χ4v) is 3.18. The molecule has 0 saturated carbocycles. The van der Waals surface area contributed by atoms with Gasteiger partial charge in [0.2, 0.25) is 6.10 Å². The summed E-state index contributed by atoms with van der Waals surface area (Å²) < 4.78 is 25.0. The number of fused-ring (bicyclic) bond motifs is 2. The Bertz CT molecular complexity index is 896. The minimum absolute atomic E-state index is 0.127. The van der Waals surface area contributed by atoms with E-state index >= 15 is 0 Å². The van der Waals surface area contributed by atoms with Crippen LogP contribution in [0.3, 0.4) is 0 Å². The molecule has 1 aliphatic heterocycles. The van der Waals surface area contributed by atoms with Crippen molar-refractivity contribution in [1.29, 1.82) is 0 Å². The maximum absolute atomic E-state index is 13.2. The molecule has 7 heteroatoms. The topological polar surface area (TPSA) is 60.5 Å². The van der Waals surface area contributed by atoms with Crippen LogP contribution in [-0.4, -0.2) is 23.6 Å². The highest BCUT2D eigenvalue weighted by molar-refractivity contribution is 7.22. The number of hydrogen-bond acceptors (Lipinski definition) is 5. The molecule has 116 valence electrons. The number of anilines is 1. The SMILES string of the molecule is O=C(Nc1nc2ccc(F)cc2s1)C1COc2ccccc2O1. The molecule has 0 saturated heterocycles. The smallest absolute Gasteiger partial charge is 0.270 e. The second-order valence-electron chi connectivity index (χ2n) is 4.98. The Labute approximate surface area is 134 Å². The summed E-state index contributed by atoms with van der Waals surface area (Å²) in [5, 5.41) is 3.09. The van der Waals surface area contributed by atoms with E-state index in [-0.39, 0.29) is 18.3 Å². The van der Waals surface area contributed by atoms with Crippen molar-refractivity contribution in [2.24, 2.45) is 0 Å². The van der Waals surface area contributed by atoms with E-state index < -0.39 is 6.10 Å². The quantitative estimate of drug-likeness (QED) is 0.784. The standard InChI is InChI=1S/C16H11FN2O3S/c17-9-5-6-10-14(7-9)23-16(18-10)19-15(20)13-8-21-11-3-1-2-4-12(11)22-13/h1-7,13H,8H2,(H,18,19,20). The minimum atomic E-state index is -0.756. The molecule has 1 N–H and O–H groups in total. The summed E-state index contributed by atoms with van der Waals surface area (Å²) in [7, 11) is 0. The maximum atomic E-state index is 13.2. The van der Waals surface area contributed by atoms with Crippen LogP contribution in [-0.2, 0) is 4.79 Å². The zero-order valence-corrected chi connectivity index (χ0v) is 12.6. The van der Waals surface area contributed by atoms with E-state index in [4.69, 9.17) is 9.47 Å². The summed E-state index contributed by atoms with van der Waals surface area (Å²) in [6.45, 7) is 0.127. The molecular weight excluding hydrogens is 319 g/mol. The van der Waals surface area contributed by atoms with Gasteiger partial charge >= 0.3 is 0 Å². The summed E-state index contributed by atoms with van der Waals surface area (Å²) in [6.07, 6.45) is -0.756. The number of ether oxygens (including phenoxy) is 2. The summed E-state index contributed by atoms with van der Waals surface area (Å²) in [6, 6.07) is 11.5. The first-order valence-electron chi connectivity index (χ1n) is 6.94. The first kappa shape index (κ1) is 14.0. The molecule has 3 aromatic rings. The van der Waals surface area contributed by atoms with Gasteiger partial charge < -0.3 is 9.47 Å². The molecule has 0 radical (unpaired) electrons. The van der Waals surface area contributed by atoms with E-state index in [9.17, 15) is 9.18 Å². The van der Waals surface area contributed by atoms with Crippen LogP contribution in [0.5, 0.6) is 11.5 Å². The van der Waals surface area contributed by atoms with Gasteiger partial charge in [-0.05, 0) is 30.3 Å². The molecule has 1 unspecified atom stereocenters. The number of benzene rings is 2. The highest BCUT2D eigenvalue weighted by Crippen LogP contribution is 2.31. The Morgan fingerprint density at radius 3 is 2.96 bits per heavy atom. The van der Waals surface area contributed by atoms with Crippen molar-refractivity contribution in [3.8, 4) is 11.5 Å². The number of hydrogen-bond donors (Lipinski definition) is 1. The number of nitrogens with zero attached hydrogens (tertiary/aromatic N) is 1. The lowest BCUT2D eigenvalue weighted by molar-refractivity contribution is -0.125. The fraction of sp³-hybridized carbons (Fsp3) is 0.125. The van der Waals surface area contributed by atoms with Crippen LogP contribution < -0.4 is 14.8 Å². The molecule has 0 aliphatic carbocycles. The predicted octanol–water partition coefficient (Wildman–Crippen LogP) is 3.21. The summed E-state index contributed by atoms with van der Waals surface area (Å²) in [5.41, 5.74) is 0.637. The first-order valence-corrected chi connectivity index (χ1v) is 7.76. The lowest BCUT2D eigenvalue weighted by atomic mass is 10.2. The van der Waals surface area contributed by atoms with E-state index in [2.05, 4.69) is 10.3 Å². The number of thiazole rings is 1. The number of amides is 1. The van der Waals surface area contributed by atoms with Gasteiger partial charge in [0.15, 0.2) is 16.6 Å².